The van der Waals surface area contributed by atoms with Crippen LogP contribution in [0.1, 0.15) is 28.4 Å². The van der Waals surface area contributed by atoms with Crippen LogP contribution < -0.4 is 11.1 Å². The van der Waals surface area contributed by atoms with Gasteiger partial charge in [-0.25, -0.2) is 0 Å². The second-order valence-corrected chi connectivity index (χ2v) is 4.41. The molecular formula is C16H15N3O. The SMILES string of the molecule is CCc1ccc(NC(=O)c2cccc(C#N)c2)cc1N. The maximum Gasteiger partial charge on any atom is 0.255 e. The Morgan fingerprint density at radius 2 is 2.10 bits per heavy atom. The van der Waals surface area contributed by atoms with Gasteiger partial charge in [-0.3, -0.25) is 4.79 Å². The summed E-state index contributed by atoms with van der Waals surface area (Å²) in [6.45, 7) is 2.03. The average molecular weight is 265 g/mol. The summed E-state index contributed by atoms with van der Waals surface area (Å²) < 4.78 is 0. The zero-order chi connectivity index (χ0) is 14.5. The molecule has 0 heterocycles. The highest BCUT2D eigenvalue weighted by atomic mass is 16.1. The number of carbonyl (C=O) groups is 1. The number of hydrogen-bond acceptors (Lipinski definition) is 3. The van der Waals surface area contributed by atoms with E-state index < -0.39 is 0 Å². The fourth-order valence-electron chi connectivity index (χ4n) is 1.93. The molecule has 0 aromatic heterocycles. The average Bonchev–Trinajstić information content (AvgIpc) is 2.47. The van der Waals surface area contributed by atoms with Crippen LogP contribution in [0.15, 0.2) is 42.5 Å². The highest BCUT2D eigenvalue weighted by molar-refractivity contribution is 6.04. The summed E-state index contributed by atoms with van der Waals surface area (Å²) >= 11 is 0. The molecule has 2 aromatic rings. The van der Waals surface area contributed by atoms with Gasteiger partial charge in [0.25, 0.3) is 5.91 Å². The Morgan fingerprint density at radius 1 is 1.30 bits per heavy atom. The van der Waals surface area contributed by atoms with Crippen LogP contribution in [0, 0.1) is 11.3 Å². The van der Waals surface area contributed by atoms with Gasteiger partial charge in [0.15, 0.2) is 0 Å². The van der Waals surface area contributed by atoms with Gasteiger partial charge < -0.3 is 11.1 Å². The van der Waals surface area contributed by atoms with Crippen LogP contribution >= 0.6 is 0 Å². The molecule has 0 fully saturated rings. The molecule has 0 saturated heterocycles. The Hall–Kier alpha value is -2.80. The van der Waals surface area contributed by atoms with Crippen LogP contribution in [0.2, 0.25) is 0 Å². The van der Waals surface area contributed by atoms with Crippen LogP contribution in [0.4, 0.5) is 11.4 Å². The normalized spacial score (nSPS) is 9.80. The number of nitrogens with two attached hydrogens (primary N) is 1. The van der Waals surface area contributed by atoms with Crippen molar-refractivity contribution >= 4 is 17.3 Å². The van der Waals surface area contributed by atoms with Crippen LogP contribution in [0.25, 0.3) is 0 Å². The number of nitrogen functional groups attached to an aromatic ring is 1. The van der Waals surface area contributed by atoms with Crippen LogP contribution in [-0.4, -0.2) is 5.91 Å². The van der Waals surface area contributed by atoms with E-state index in [1.807, 2.05) is 25.1 Å². The summed E-state index contributed by atoms with van der Waals surface area (Å²) in [5, 5.41) is 11.6. The van der Waals surface area contributed by atoms with Gasteiger partial charge in [-0.05, 0) is 42.3 Å². The number of nitrogens with one attached hydrogen (secondary N) is 1. The lowest BCUT2D eigenvalue weighted by atomic mass is 10.1. The van der Waals surface area contributed by atoms with Crippen molar-refractivity contribution in [2.75, 3.05) is 11.1 Å². The van der Waals surface area contributed by atoms with Crippen molar-refractivity contribution in [1.82, 2.24) is 0 Å². The molecule has 20 heavy (non-hydrogen) atoms. The van der Waals surface area contributed by atoms with Crippen molar-refractivity contribution in [2.24, 2.45) is 0 Å². The topological polar surface area (TPSA) is 78.9 Å². The van der Waals surface area contributed by atoms with Crippen molar-refractivity contribution in [3.05, 3.63) is 59.2 Å². The molecule has 0 unspecified atom stereocenters. The summed E-state index contributed by atoms with van der Waals surface area (Å²) in [4.78, 5) is 12.1. The van der Waals surface area contributed by atoms with Gasteiger partial charge >= 0.3 is 0 Å². The number of nitriles is 1. The largest absolute Gasteiger partial charge is 0.398 e. The van der Waals surface area contributed by atoms with Gasteiger partial charge in [0.1, 0.15) is 0 Å². The molecule has 2 aromatic carbocycles. The molecule has 0 radical (unpaired) electrons. The zero-order valence-electron chi connectivity index (χ0n) is 11.2. The Bertz CT molecular complexity index is 686. The second-order valence-electron chi connectivity index (χ2n) is 4.41. The summed E-state index contributed by atoms with van der Waals surface area (Å²) in [5.41, 5.74) is 9.16. The van der Waals surface area contributed by atoms with E-state index in [1.54, 1.807) is 30.3 Å². The van der Waals surface area contributed by atoms with E-state index in [0.717, 1.165) is 12.0 Å². The van der Waals surface area contributed by atoms with Gasteiger partial charge in [0, 0.05) is 16.9 Å². The second kappa shape index (κ2) is 5.89. The number of hydrogen-bond donors (Lipinski definition) is 2. The van der Waals surface area contributed by atoms with Gasteiger partial charge in [0.05, 0.1) is 11.6 Å². The van der Waals surface area contributed by atoms with E-state index in [1.165, 1.54) is 0 Å². The molecule has 0 spiro atoms. The monoisotopic (exact) mass is 265 g/mol. The molecule has 4 nitrogen and oxygen atoms in total. The summed E-state index contributed by atoms with van der Waals surface area (Å²) in [7, 11) is 0. The number of nitrogens with zero attached hydrogens (tertiary/aromatic N) is 1. The van der Waals surface area contributed by atoms with E-state index in [9.17, 15) is 4.79 Å². The molecule has 0 saturated carbocycles. The van der Waals surface area contributed by atoms with Gasteiger partial charge in [-0.2, -0.15) is 5.26 Å². The van der Waals surface area contributed by atoms with Crippen molar-refractivity contribution < 1.29 is 4.79 Å². The van der Waals surface area contributed by atoms with Crippen LogP contribution in [0.3, 0.4) is 0 Å². The summed E-state index contributed by atoms with van der Waals surface area (Å²) in [6, 6.07) is 14.0. The third-order valence-corrected chi connectivity index (χ3v) is 3.04. The minimum atomic E-state index is -0.259. The number of carbonyl (C=O) groups excluding carboxylic acids is 1. The standard InChI is InChI=1S/C16H15N3O/c1-2-12-6-7-14(9-15(12)18)19-16(20)13-5-3-4-11(8-13)10-17/h3-9H,2,18H2,1H3,(H,19,20). The summed E-state index contributed by atoms with van der Waals surface area (Å²) in [5.74, 6) is -0.259. The van der Waals surface area contributed by atoms with E-state index in [0.29, 0.717) is 22.5 Å². The Labute approximate surface area is 117 Å². The lowest BCUT2D eigenvalue weighted by Crippen LogP contribution is -2.12. The van der Waals surface area contributed by atoms with Crippen LogP contribution in [0.5, 0.6) is 0 Å². The first-order valence-electron chi connectivity index (χ1n) is 6.34. The predicted octanol–water partition coefficient (Wildman–Crippen LogP) is 2.96. The smallest absolute Gasteiger partial charge is 0.255 e. The fraction of sp³-hybridized carbons (Fsp3) is 0.125. The zero-order valence-corrected chi connectivity index (χ0v) is 11.2. The molecule has 2 rings (SSSR count). The number of aryl methyl sites for hydroxylation is 1. The quantitative estimate of drug-likeness (QED) is 0.837. The van der Waals surface area contributed by atoms with E-state index in [2.05, 4.69) is 5.32 Å². The Kier molecular flexibility index (Phi) is 4.02. The predicted molar refractivity (Wildman–Crippen MR) is 79.3 cm³/mol. The van der Waals surface area contributed by atoms with Crippen molar-refractivity contribution in [2.45, 2.75) is 13.3 Å². The van der Waals surface area contributed by atoms with Gasteiger partial charge in [0.2, 0.25) is 0 Å². The highest BCUT2D eigenvalue weighted by Crippen LogP contribution is 2.19. The first-order chi connectivity index (χ1) is 9.63. The minimum Gasteiger partial charge on any atom is -0.398 e. The van der Waals surface area contributed by atoms with E-state index in [4.69, 9.17) is 11.0 Å². The van der Waals surface area contributed by atoms with E-state index >= 15 is 0 Å². The van der Waals surface area contributed by atoms with Gasteiger partial charge in [-0.1, -0.05) is 19.1 Å². The van der Waals surface area contributed by atoms with Crippen molar-refractivity contribution in [1.29, 1.82) is 5.26 Å². The van der Waals surface area contributed by atoms with E-state index in [-0.39, 0.29) is 5.91 Å². The fourth-order valence-corrected chi connectivity index (χ4v) is 1.93. The first kappa shape index (κ1) is 13.6. The molecule has 0 aliphatic rings. The lowest BCUT2D eigenvalue weighted by molar-refractivity contribution is 0.102. The maximum atomic E-state index is 12.1. The number of benzene rings is 2. The minimum absolute atomic E-state index is 0.259. The molecule has 1 amide bonds. The molecule has 0 aliphatic carbocycles. The maximum absolute atomic E-state index is 12.1. The molecular weight excluding hydrogens is 250 g/mol. The number of anilines is 2. The van der Waals surface area contributed by atoms with Crippen molar-refractivity contribution in [3.63, 3.8) is 0 Å². The van der Waals surface area contributed by atoms with Crippen LogP contribution in [-0.2, 0) is 6.42 Å². The Morgan fingerprint density at radius 3 is 2.75 bits per heavy atom. The lowest BCUT2D eigenvalue weighted by Gasteiger charge is -2.08. The Balaban J connectivity index is 2.19. The first-order valence-corrected chi connectivity index (χ1v) is 6.34. The number of rotatable bonds is 3. The molecule has 4 heteroatoms. The molecule has 0 atom stereocenters. The third kappa shape index (κ3) is 2.96. The molecule has 3 N–H and O–H groups in total. The van der Waals surface area contributed by atoms with Crippen molar-refractivity contribution in [3.8, 4) is 6.07 Å². The highest BCUT2D eigenvalue weighted by Gasteiger charge is 2.07. The number of amides is 1. The third-order valence-electron chi connectivity index (χ3n) is 3.04. The molecule has 0 bridgehead atoms. The van der Waals surface area contributed by atoms with Gasteiger partial charge in [-0.15, -0.1) is 0 Å². The summed E-state index contributed by atoms with van der Waals surface area (Å²) in [6.07, 6.45) is 0.851. The molecule has 100 valence electrons. The molecule has 0 aliphatic heterocycles.